The van der Waals surface area contributed by atoms with E-state index in [9.17, 15) is 26.0 Å². The van der Waals surface area contributed by atoms with E-state index in [1.54, 1.807) is 0 Å². The minimum absolute atomic E-state index is 0.137. The second-order valence-corrected chi connectivity index (χ2v) is 6.34. The molecule has 1 aromatic heterocycles. The molecule has 0 saturated carbocycles. The molecule has 0 aliphatic heterocycles. The monoisotopic (exact) mass is 332 g/mol. The van der Waals surface area contributed by atoms with E-state index in [2.05, 4.69) is 5.32 Å². The van der Waals surface area contributed by atoms with Gasteiger partial charge < -0.3 is 9.73 Å². The maximum atomic E-state index is 12.7. The summed E-state index contributed by atoms with van der Waals surface area (Å²) in [5.41, 5.74) is 0. The number of nitrogens with one attached hydrogen (secondary N) is 2. The lowest BCUT2D eigenvalue weighted by molar-refractivity contribution is -0.122. The van der Waals surface area contributed by atoms with E-state index in [0.717, 1.165) is 6.07 Å². The Hall–Kier alpha value is -1.13. The quantitative estimate of drug-likeness (QED) is 0.714. The van der Waals surface area contributed by atoms with E-state index in [1.165, 1.54) is 10.8 Å². The van der Waals surface area contributed by atoms with Gasteiger partial charge in [-0.3, -0.25) is 0 Å². The van der Waals surface area contributed by atoms with Gasteiger partial charge in [-0.05, 0) is 12.1 Å². The molecule has 1 aromatic rings. The molecule has 0 aliphatic rings. The summed E-state index contributed by atoms with van der Waals surface area (Å²) in [6, 6.07) is 2.56. The topological polar surface area (TPSA) is 71.3 Å². The molecule has 0 aromatic carbocycles. The lowest BCUT2D eigenvalue weighted by Crippen LogP contribution is -2.41. The molecule has 0 atom stereocenters. The molecular weight excluding hydrogens is 316 g/mol. The van der Waals surface area contributed by atoms with Crippen molar-refractivity contribution >= 4 is 10.0 Å². The molecule has 5 nitrogen and oxygen atoms in total. The molecule has 1 rings (SSSR count). The van der Waals surface area contributed by atoms with E-state index < -0.39 is 34.0 Å². The first-order valence-electron chi connectivity index (χ1n) is 6.02. The normalized spacial score (nSPS) is 13.3. The van der Waals surface area contributed by atoms with E-state index in [4.69, 9.17) is 4.42 Å². The maximum absolute atomic E-state index is 12.7. The van der Waals surface area contributed by atoms with Crippen molar-refractivity contribution in [3.05, 3.63) is 17.9 Å². The first kappa shape index (κ1) is 17.9. The Morgan fingerprint density at radius 1 is 1.29 bits per heavy atom. The van der Waals surface area contributed by atoms with Crippen LogP contribution < -0.4 is 10.0 Å². The molecular formula is C11H16F4N2O3S. The highest BCUT2D eigenvalue weighted by molar-refractivity contribution is 7.89. The van der Waals surface area contributed by atoms with Crippen LogP contribution in [0.4, 0.5) is 17.6 Å². The second kappa shape index (κ2) is 6.75. The van der Waals surface area contributed by atoms with Crippen molar-refractivity contribution in [1.82, 2.24) is 10.0 Å². The number of rotatable bonds is 8. The number of sulfonamides is 1. The standard InChI is InChI=1S/C11H16F4N2O3S/c1-7(2)16-5-8-3-4-9(20-8)21(18,19)17-6-11(14,15)10(12)13/h3-4,7,10,16-17H,5-6H2,1-2H3. The van der Waals surface area contributed by atoms with Gasteiger partial charge in [-0.25, -0.2) is 21.9 Å². The van der Waals surface area contributed by atoms with Gasteiger partial charge in [-0.1, -0.05) is 13.8 Å². The summed E-state index contributed by atoms with van der Waals surface area (Å²) < 4.78 is 79.0. The lowest BCUT2D eigenvalue weighted by Gasteiger charge is -2.15. The third-order valence-corrected chi connectivity index (χ3v) is 3.68. The van der Waals surface area contributed by atoms with Crippen LogP contribution in [0.3, 0.4) is 0 Å². The predicted octanol–water partition coefficient (Wildman–Crippen LogP) is 1.96. The van der Waals surface area contributed by atoms with Gasteiger partial charge in [0.05, 0.1) is 13.1 Å². The van der Waals surface area contributed by atoms with Gasteiger partial charge in [0.2, 0.25) is 5.09 Å². The molecule has 21 heavy (non-hydrogen) atoms. The van der Waals surface area contributed by atoms with Gasteiger partial charge >= 0.3 is 12.3 Å². The van der Waals surface area contributed by atoms with E-state index in [1.807, 2.05) is 13.8 Å². The van der Waals surface area contributed by atoms with E-state index in [0.29, 0.717) is 0 Å². The highest BCUT2D eigenvalue weighted by atomic mass is 32.2. The SMILES string of the molecule is CC(C)NCc1ccc(S(=O)(=O)NCC(F)(F)C(F)F)o1. The van der Waals surface area contributed by atoms with Crippen LogP contribution in [0, 0.1) is 0 Å². The Morgan fingerprint density at radius 2 is 1.90 bits per heavy atom. The summed E-state index contributed by atoms with van der Waals surface area (Å²) in [4.78, 5) is 0. The van der Waals surface area contributed by atoms with Crippen LogP contribution in [0.25, 0.3) is 0 Å². The summed E-state index contributed by atoms with van der Waals surface area (Å²) in [6.07, 6.45) is -3.96. The molecule has 1 heterocycles. The zero-order valence-electron chi connectivity index (χ0n) is 11.4. The van der Waals surface area contributed by atoms with Crippen molar-refractivity contribution in [2.24, 2.45) is 0 Å². The van der Waals surface area contributed by atoms with Crippen LogP contribution in [0.2, 0.25) is 0 Å². The van der Waals surface area contributed by atoms with Crippen LogP contribution in [0.1, 0.15) is 19.6 Å². The van der Waals surface area contributed by atoms with Gasteiger partial charge in [0, 0.05) is 6.04 Å². The molecule has 0 unspecified atom stereocenters. The van der Waals surface area contributed by atoms with E-state index >= 15 is 0 Å². The Bertz CT molecular complexity index is 558. The molecule has 0 bridgehead atoms. The van der Waals surface area contributed by atoms with Gasteiger partial charge in [0.15, 0.2) is 0 Å². The molecule has 0 fully saturated rings. The van der Waals surface area contributed by atoms with Crippen LogP contribution in [-0.4, -0.2) is 33.4 Å². The molecule has 0 amide bonds. The van der Waals surface area contributed by atoms with Crippen molar-refractivity contribution in [3.8, 4) is 0 Å². The van der Waals surface area contributed by atoms with Crippen molar-refractivity contribution in [2.45, 2.75) is 43.9 Å². The van der Waals surface area contributed by atoms with Crippen LogP contribution in [0.15, 0.2) is 21.6 Å². The summed E-state index contributed by atoms with van der Waals surface area (Å²) >= 11 is 0. The lowest BCUT2D eigenvalue weighted by atomic mass is 10.3. The molecule has 122 valence electrons. The zero-order valence-corrected chi connectivity index (χ0v) is 12.2. The number of hydrogen-bond acceptors (Lipinski definition) is 4. The number of hydrogen-bond donors (Lipinski definition) is 2. The maximum Gasteiger partial charge on any atom is 0.320 e. The fraction of sp³-hybridized carbons (Fsp3) is 0.636. The summed E-state index contributed by atoms with van der Waals surface area (Å²) in [5, 5.41) is 2.37. The van der Waals surface area contributed by atoms with Crippen LogP contribution in [-0.2, 0) is 16.6 Å². The number of halogens is 4. The molecule has 0 aliphatic carbocycles. The van der Waals surface area contributed by atoms with Gasteiger partial charge in [0.1, 0.15) is 5.76 Å². The summed E-state index contributed by atoms with van der Waals surface area (Å²) in [5.74, 6) is -4.16. The Labute approximate surface area is 119 Å². The van der Waals surface area contributed by atoms with E-state index in [-0.39, 0.29) is 18.3 Å². The Morgan fingerprint density at radius 3 is 2.43 bits per heavy atom. The molecule has 0 radical (unpaired) electrons. The minimum Gasteiger partial charge on any atom is -0.447 e. The van der Waals surface area contributed by atoms with Crippen molar-refractivity contribution < 1.29 is 30.4 Å². The summed E-state index contributed by atoms with van der Waals surface area (Å²) in [7, 11) is -4.40. The fourth-order valence-corrected chi connectivity index (χ4v) is 2.23. The predicted molar refractivity (Wildman–Crippen MR) is 66.8 cm³/mol. The van der Waals surface area contributed by atoms with Gasteiger partial charge in [-0.2, -0.15) is 8.78 Å². The average Bonchev–Trinajstić information content (AvgIpc) is 2.83. The summed E-state index contributed by atoms with van der Waals surface area (Å²) in [6.45, 7) is 2.29. The Kier molecular flexibility index (Phi) is 5.76. The smallest absolute Gasteiger partial charge is 0.320 e. The van der Waals surface area contributed by atoms with Gasteiger partial charge in [-0.15, -0.1) is 0 Å². The third kappa shape index (κ3) is 5.29. The minimum atomic E-state index is -4.44. The highest BCUT2D eigenvalue weighted by Crippen LogP contribution is 2.22. The fourth-order valence-electron chi connectivity index (χ4n) is 1.24. The zero-order chi connectivity index (χ0) is 16.3. The molecule has 2 N–H and O–H groups in total. The van der Waals surface area contributed by atoms with Crippen molar-refractivity contribution in [1.29, 1.82) is 0 Å². The Balaban J connectivity index is 2.71. The molecule has 0 saturated heterocycles. The largest absolute Gasteiger partial charge is 0.447 e. The first-order chi connectivity index (χ1) is 9.54. The van der Waals surface area contributed by atoms with Crippen LogP contribution in [0.5, 0.6) is 0 Å². The number of alkyl halides is 4. The average molecular weight is 332 g/mol. The van der Waals surface area contributed by atoms with Crippen molar-refractivity contribution in [3.63, 3.8) is 0 Å². The van der Waals surface area contributed by atoms with Gasteiger partial charge in [0.25, 0.3) is 10.0 Å². The highest BCUT2D eigenvalue weighted by Gasteiger charge is 2.41. The first-order valence-corrected chi connectivity index (χ1v) is 7.50. The van der Waals surface area contributed by atoms with Crippen molar-refractivity contribution in [2.75, 3.05) is 6.54 Å². The number of furan rings is 1. The molecule has 0 spiro atoms. The van der Waals surface area contributed by atoms with Crippen LogP contribution >= 0.6 is 0 Å². The second-order valence-electron chi connectivity index (χ2n) is 4.64. The third-order valence-electron chi connectivity index (χ3n) is 2.40. The molecule has 10 heteroatoms.